The molecule has 5 heteroatoms. The minimum atomic E-state index is -0.864. The van der Waals surface area contributed by atoms with Crippen molar-refractivity contribution in [1.29, 1.82) is 0 Å². The summed E-state index contributed by atoms with van der Waals surface area (Å²) in [6.45, 7) is 5.65. The van der Waals surface area contributed by atoms with Gasteiger partial charge in [-0.25, -0.2) is 9.78 Å². The predicted molar refractivity (Wildman–Crippen MR) is 66.6 cm³/mol. The Bertz CT molecular complexity index is 394. The highest BCUT2D eigenvalue weighted by Crippen LogP contribution is 2.18. The summed E-state index contributed by atoms with van der Waals surface area (Å²) in [5.41, 5.74) is 1.02. The molecule has 0 unspecified atom stereocenters. The molecular formula is C11H15BrN2O2. The lowest BCUT2D eigenvalue weighted by molar-refractivity contribution is -0.138. The van der Waals surface area contributed by atoms with E-state index in [1.54, 1.807) is 6.20 Å². The molecule has 1 aromatic heterocycles. The van der Waals surface area contributed by atoms with Gasteiger partial charge in [-0.2, -0.15) is 0 Å². The van der Waals surface area contributed by atoms with Crippen molar-refractivity contribution in [3.63, 3.8) is 0 Å². The van der Waals surface area contributed by atoms with Gasteiger partial charge in [0.25, 0.3) is 0 Å². The number of nitrogens with one attached hydrogen (secondary N) is 1. The van der Waals surface area contributed by atoms with Gasteiger partial charge in [-0.1, -0.05) is 13.8 Å². The maximum atomic E-state index is 11.0. The number of aromatic nitrogens is 1. The van der Waals surface area contributed by atoms with Gasteiger partial charge in [0.1, 0.15) is 11.9 Å². The number of hydrogen-bond donors (Lipinski definition) is 2. The number of carbonyl (C=O) groups is 1. The summed E-state index contributed by atoms with van der Waals surface area (Å²) < 4.78 is 0.912. The Hall–Kier alpha value is -1.10. The van der Waals surface area contributed by atoms with E-state index in [1.807, 2.05) is 26.8 Å². The summed E-state index contributed by atoms with van der Waals surface area (Å²) >= 11 is 3.35. The third-order valence-corrected chi connectivity index (χ3v) is 3.11. The quantitative estimate of drug-likeness (QED) is 0.893. The molecule has 0 saturated heterocycles. The molecule has 0 bridgehead atoms. The third kappa shape index (κ3) is 3.20. The first-order valence-corrected chi connectivity index (χ1v) is 5.82. The van der Waals surface area contributed by atoms with Gasteiger partial charge in [0.15, 0.2) is 0 Å². The first-order chi connectivity index (χ1) is 7.41. The van der Waals surface area contributed by atoms with Crippen LogP contribution < -0.4 is 5.32 Å². The Balaban J connectivity index is 2.86. The number of rotatable bonds is 4. The SMILES string of the molecule is Cc1cc(N[C@@H](C(=O)O)C(C)C)ncc1Br. The Morgan fingerprint density at radius 2 is 2.19 bits per heavy atom. The Kier molecular flexibility index (Phi) is 4.29. The molecule has 0 aliphatic heterocycles. The number of carboxylic acids is 1. The number of anilines is 1. The zero-order valence-electron chi connectivity index (χ0n) is 9.49. The molecule has 1 aromatic rings. The highest BCUT2D eigenvalue weighted by molar-refractivity contribution is 9.10. The number of carboxylic acid groups (broad SMARTS) is 1. The Labute approximate surface area is 103 Å². The van der Waals surface area contributed by atoms with E-state index in [2.05, 4.69) is 26.2 Å². The second-order valence-electron chi connectivity index (χ2n) is 4.02. The van der Waals surface area contributed by atoms with Crippen LogP contribution in [0.4, 0.5) is 5.82 Å². The number of halogens is 1. The van der Waals surface area contributed by atoms with Crippen molar-refractivity contribution in [3.8, 4) is 0 Å². The third-order valence-electron chi connectivity index (χ3n) is 2.28. The van der Waals surface area contributed by atoms with Crippen LogP contribution in [0.1, 0.15) is 19.4 Å². The molecule has 1 atom stereocenters. The summed E-state index contributed by atoms with van der Waals surface area (Å²) in [4.78, 5) is 15.1. The van der Waals surface area contributed by atoms with Gasteiger partial charge < -0.3 is 10.4 Å². The Morgan fingerprint density at radius 3 is 2.62 bits per heavy atom. The van der Waals surface area contributed by atoms with Crippen molar-refractivity contribution < 1.29 is 9.90 Å². The van der Waals surface area contributed by atoms with Crippen molar-refractivity contribution >= 4 is 27.7 Å². The minimum Gasteiger partial charge on any atom is -0.480 e. The van der Waals surface area contributed by atoms with E-state index in [-0.39, 0.29) is 5.92 Å². The molecule has 0 aliphatic rings. The maximum Gasteiger partial charge on any atom is 0.326 e. The normalized spacial score (nSPS) is 12.6. The van der Waals surface area contributed by atoms with E-state index >= 15 is 0 Å². The number of aliphatic carboxylic acids is 1. The number of hydrogen-bond acceptors (Lipinski definition) is 3. The minimum absolute atomic E-state index is 0.00301. The summed E-state index contributed by atoms with van der Waals surface area (Å²) in [5, 5.41) is 11.9. The number of nitrogens with zero attached hydrogens (tertiary/aromatic N) is 1. The van der Waals surface area contributed by atoms with Crippen LogP contribution in [0.3, 0.4) is 0 Å². The summed E-state index contributed by atoms with van der Waals surface area (Å²) in [7, 11) is 0. The van der Waals surface area contributed by atoms with Crippen LogP contribution in [0.15, 0.2) is 16.7 Å². The molecule has 0 saturated carbocycles. The topological polar surface area (TPSA) is 62.2 Å². The molecule has 16 heavy (non-hydrogen) atoms. The first kappa shape index (κ1) is 13.0. The van der Waals surface area contributed by atoms with Crippen molar-refractivity contribution in [2.24, 2.45) is 5.92 Å². The predicted octanol–water partition coefficient (Wildman–Crippen LogP) is 2.67. The summed E-state index contributed by atoms with van der Waals surface area (Å²) in [6.07, 6.45) is 1.66. The van der Waals surface area contributed by atoms with Crippen LogP contribution >= 0.6 is 15.9 Å². The van der Waals surface area contributed by atoms with Crippen molar-refractivity contribution in [2.75, 3.05) is 5.32 Å². The molecule has 0 aliphatic carbocycles. The first-order valence-electron chi connectivity index (χ1n) is 5.03. The zero-order valence-corrected chi connectivity index (χ0v) is 11.1. The fourth-order valence-electron chi connectivity index (χ4n) is 1.29. The Morgan fingerprint density at radius 1 is 1.56 bits per heavy atom. The maximum absolute atomic E-state index is 11.0. The van der Waals surface area contributed by atoms with Gasteiger partial charge in [0, 0.05) is 10.7 Å². The van der Waals surface area contributed by atoms with Crippen molar-refractivity contribution in [3.05, 3.63) is 22.3 Å². The molecule has 0 fully saturated rings. The van der Waals surface area contributed by atoms with Crippen molar-refractivity contribution in [2.45, 2.75) is 26.8 Å². The van der Waals surface area contributed by atoms with Gasteiger partial charge in [-0.15, -0.1) is 0 Å². The van der Waals surface area contributed by atoms with E-state index in [1.165, 1.54) is 0 Å². The summed E-state index contributed by atoms with van der Waals surface area (Å²) in [6, 6.07) is 1.20. The smallest absolute Gasteiger partial charge is 0.326 e. The fraction of sp³-hybridized carbons (Fsp3) is 0.455. The van der Waals surface area contributed by atoms with Gasteiger partial charge in [0.05, 0.1) is 0 Å². The molecule has 88 valence electrons. The largest absolute Gasteiger partial charge is 0.480 e. The number of aryl methyl sites for hydroxylation is 1. The van der Waals surface area contributed by atoms with Gasteiger partial charge >= 0.3 is 5.97 Å². The van der Waals surface area contributed by atoms with Crippen LogP contribution in [-0.4, -0.2) is 22.1 Å². The second kappa shape index (κ2) is 5.30. The van der Waals surface area contributed by atoms with E-state index in [9.17, 15) is 4.79 Å². The molecule has 0 aromatic carbocycles. The van der Waals surface area contributed by atoms with E-state index in [4.69, 9.17) is 5.11 Å². The van der Waals surface area contributed by atoms with Gasteiger partial charge in [0.2, 0.25) is 0 Å². The van der Waals surface area contributed by atoms with Crippen molar-refractivity contribution in [1.82, 2.24) is 4.98 Å². The fourth-order valence-corrected chi connectivity index (χ4v) is 1.51. The van der Waals surface area contributed by atoms with Crippen LogP contribution in [0.2, 0.25) is 0 Å². The lowest BCUT2D eigenvalue weighted by Gasteiger charge is -2.18. The van der Waals surface area contributed by atoms with E-state index in [0.717, 1.165) is 10.0 Å². The van der Waals surface area contributed by atoms with Gasteiger partial charge in [-0.3, -0.25) is 0 Å². The molecule has 0 spiro atoms. The van der Waals surface area contributed by atoms with Crippen LogP contribution in [0, 0.1) is 12.8 Å². The zero-order chi connectivity index (χ0) is 12.3. The monoisotopic (exact) mass is 286 g/mol. The molecule has 1 heterocycles. The number of pyridine rings is 1. The molecule has 1 rings (SSSR count). The van der Waals surface area contributed by atoms with Crippen LogP contribution in [-0.2, 0) is 4.79 Å². The lowest BCUT2D eigenvalue weighted by Crippen LogP contribution is -2.34. The molecule has 0 radical (unpaired) electrons. The molecule has 4 nitrogen and oxygen atoms in total. The average Bonchev–Trinajstić information content (AvgIpc) is 2.18. The standard InChI is InChI=1S/C11H15BrN2O2/c1-6(2)10(11(15)16)14-9-4-7(3)8(12)5-13-9/h4-6,10H,1-3H3,(H,13,14)(H,15,16)/t10-/m1/s1. The highest BCUT2D eigenvalue weighted by Gasteiger charge is 2.21. The second-order valence-corrected chi connectivity index (χ2v) is 4.88. The molecule has 0 amide bonds. The molecular weight excluding hydrogens is 272 g/mol. The highest BCUT2D eigenvalue weighted by atomic mass is 79.9. The lowest BCUT2D eigenvalue weighted by atomic mass is 10.0. The van der Waals surface area contributed by atoms with Crippen LogP contribution in [0.25, 0.3) is 0 Å². The van der Waals surface area contributed by atoms with E-state index < -0.39 is 12.0 Å². The molecule has 2 N–H and O–H groups in total. The van der Waals surface area contributed by atoms with Crippen LogP contribution in [0.5, 0.6) is 0 Å². The average molecular weight is 287 g/mol. The summed E-state index contributed by atoms with van der Waals surface area (Å²) in [5.74, 6) is -0.276. The van der Waals surface area contributed by atoms with E-state index in [0.29, 0.717) is 5.82 Å². The van der Waals surface area contributed by atoms with Gasteiger partial charge in [-0.05, 0) is 40.4 Å².